The van der Waals surface area contributed by atoms with E-state index in [4.69, 9.17) is 13.8 Å². The quantitative estimate of drug-likeness (QED) is 0.0298. The summed E-state index contributed by atoms with van der Waals surface area (Å²) >= 11 is 0. The van der Waals surface area contributed by atoms with Crippen molar-refractivity contribution in [3.63, 3.8) is 0 Å². The third kappa shape index (κ3) is 31.6. The lowest BCUT2D eigenvalue weighted by atomic mass is 10.1. The highest BCUT2D eigenvalue weighted by Crippen LogP contribution is 2.42. The van der Waals surface area contributed by atoms with Crippen molar-refractivity contribution in [3.8, 4) is 0 Å². The summed E-state index contributed by atoms with van der Waals surface area (Å²) in [6, 6.07) is 0. The molecular formula is C34H62NO8P. The van der Waals surface area contributed by atoms with Gasteiger partial charge in [-0.15, -0.1) is 0 Å². The van der Waals surface area contributed by atoms with E-state index in [1.807, 2.05) is 0 Å². The lowest BCUT2D eigenvalue weighted by Gasteiger charge is -2.15. The average molecular weight is 644 g/mol. The average Bonchev–Trinajstić information content (AvgIpc) is 3.00. The molecule has 2 unspecified atom stereocenters. The maximum absolute atomic E-state index is 12.0. The van der Waals surface area contributed by atoms with Gasteiger partial charge in [-0.1, -0.05) is 115 Å². The first kappa shape index (κ1) is 42.2. The monoisotopic (exact) mass is 643 g/mol. The Hall–Kier alpha value is -1.77. The van der Waals surface area contributed by atoms with Gasteiger partial charge in [0.2, 0.25) is 5.91 Å². The number of amides is 1. The summed E-state index contributed by atoms with van der Waals surface area (Å²) in [6.45, 7) is 3.36. The molecule has 0 saturated heterocycles. The Labute approximate surface area is 267 Å². The molecule has 0 aliphatic heterocycles. The predicted molar refractivity (Wildman–Crippen MR) is 178 cm³/mol. The van der Waals surface area contributed by atoms with Crippen LogP contribution >= 0.6 is 7.82 Å². The van der Waals surface area contributed by atoms with Crippen LogP contribution in [0.5, 0.6) is 0 Å². The van der Waals surface area contributed by atoms with Crippen molar-refractivity contribution in [2.24, 2.45) is 0 Å². The summed E-state index contributed by atoms with van der Waals surface area (Å²) in [7, 11) is -4.40. The van der Waals surface area contributed by atoms with Crippen molar-refractivity contribution in [3.05, 3.63) is 36.5 Å². The minimum absolute atomic E-state index is 0.0798. The number of rotatable bonds is 31. The fourth-order valence-electron chi connectivity index (χ4n) is 4.27. The van der Waals surface area contributed by atoms with Crippen LogP contribution in [0.4, 0.5) is 0 Å². The zero-order chi connectivity index (χ0) is 32.6. The molecular weight excluding hydrogens is 581 g/mol. The first-order valence-electron chi connectivity index (χ1n) is 17.0. The van der Waals surface area contributed by atoms with Gasteiger partial charge in [-0.3, -0.25) is 18.6 Å². The number of unbranched alkanes of at least 4 members (excludes halogenated alkanes) is 12. The maximum atomic E-state index is 12.0. The summed E-state index contributed by atoms with van der Waals surface area (Å²) in [5.74, 6) is -0.542. The number of ether oxygens (including phenoxy) is 1. The zero-order valence-electron chi connectivity index (χ0n) is 27.6. The van der Waals surface area contributed by atoms with Crippen LogP contribution in [0, 0.1) is 0 Å². The SMILES string of the molecule is CC/C=C\C/C=C\C/C=C\CCCCCCCC(=O)OCC(O)COP(=O)(O)OCCNC(=O)CCCCCCCCCC. The van der Waals surface area contributed by atoms with Crippen LogP contribution in [-0.2, 0) is 27.9 Å². The normalized spacial score (nSPS) is 14.0. The Morgan fingerprint density at radius 1 is 0.727 bits per heavy atom. The number of allylic oxidation sites excluding steroid dienone is 6. The number of hydrogen-bond acceptors (Lipinski definition) is 7. The molecule has 0 aromatic carbocycles. The number of phosphoric ester groups is 1. The van der Waals surface area contributed by atoms with E-state index in [1.165, 1.54) is 32.1 Å². The molecule has 2 atom stereocenters. The molecule has 0 radical (unpaired) electrons. The Morgan fingerprint density at radius 3 is 1.95 bits per heavy atom. The van der Waals surface area contributed by atoms with E-state index >= 15 is 0 Å². The van der Waals surface area contributed by atoms with E-state index in [2.05, 4.69) is 55.6 Å². The number of nitrogens with one attached hydrogen (secondary N) is 1. The van der Waals surface area contributed by atoms with Crippen molar-refractivity contribution in [1.82, 2.24) is 5.32 Å². The number of carbonyl (C=O) groups excluding carboxylic acids is 2. The summed E-state index contributed by atoms with van der Waals surface area (Å²) < 4.78 is 26.6. The summed E-state index contributed by atoms with van der Waals surface area (Å²) in [4.78, 5) is 33.5. The molecule has 44 heavy (non-hydrogen) atoms. The first-order valence-corrected chi connectivity index (χ1v) is 18.5. The van der Waals surface area contributed by atoms with Gasteiger partial charge in [0.1, 0.15) is 12.7 Å². The van der Waals surface area contributed by atoms with E-state index in [1.54, 1.807) is 0 Å². The van der Waals surface area contributed by atoms with Crippen LogP contribution in [0.2, 0.25) is 0 Å². The second kappa shape index (κ2) is 31.2. The Morgan fingerprint density at radius 2 is 1.30 bits per heavy atom. The van der Waals surface area contributed by atoms with Crippen LogP contribution in [-0.4, -0.2) is 54.3 Å². The number of aliphatic hydroxyl groups excluding tert-OH is 1. The van der Waals surface area contributed by atoms with Gasteiger partial charge in [0, 0.05) is 19.4 Å². The molecule has 0 heterocycles. The van der Waals surface area contributed by atoms with E-state index in [0.717, 1.165) is 70.6 Å². The van der Waals surface area contributed by atoms with Gasteiger partial charge >= 0.3 is 13.8 Å². The molecule has 1 amide bonds. The van der Waals surface area contributed by atoms with Gasteiger partial charge in [-0.2, -0.15) is 0 Å². The Kier molecular flexibility index (Phi) is 30.0. The molecule has 0 aromatic heterocycles. The molecule has 3 N–H and O–H groups in total. The summed E-state index contributed by atoms with van der Waals surface area (Å²) in [5.41, 5.74) is 0. The molecule has 0 aliphatic carbocycles. The highest BCUT2D eigenvalue weighted by atomic mass is 31.2. The largest absolute Gasteiger partial charge is 0.472 e. The van der Waals surface area contributed by atoms with Crippen molar-refractivity contribution in [1.29, 1.82) is 0 Å². The van der Waals surface area contributed by atoms with E-state index < -0.39 is 26.5 Å². The number of phosphoric acid groups is 1. The molecule has 0 saturated carbocycles. The Balaban J connectivity index is 3.68. The van der Waals surface area contributed by atoms with Crippen LogP contribution in [0.15, 0.2) is 36.5 Å². The minimum Gasteiger partial charge on any atom is -0.463 e. The fraction of sp³-hybridized carbons (Fsp3) is 0.765. The predicted octanol–water partition coefficient (Wildman–Crippen LogP) is 8.26. The lowest BCUT2D eigenvalue weighted by molar-refractivity contribution is -0.147. The molecule has 0 aromatic rings. The van der Waals surface area contributed by atoms with E-state index in [-0.39, 0.29) is 32.1 Å². The molecule has 0 bridgehead atoms. The third-order valence-electron chi connectivity index (χ3n) is 6.83. The summed E-state index contributed by atoms with van der Waals surface area (Å²) in [5, 5.41) is 12.6. The van der Waals surface area contributed by atoms with Crippen LogP contribution in [0.25, 0.3) is 0 Å². The van der Waals surface area contributed by atoms with Crippen molar-refractivity contribution in [2.75, 3.05) is 26.4 Å². The zero-order valence-corrected chi connectivity index (χ0v) is 28.5. The van der Waals surface area contributed by atoms with Crippen LogP contribution < -0.4 is 5.32 Å². The topological polar surface area (TPSA) is 131 Å². The Bertz CT molecular complexity index is 830. The number of carbonyl (C=O) groups is 2. The number of hydrogen-bond donors (Lipinski definition) is 3. The molecule has 0 aliphatic rings. The van der Waals surface area contributed by atoms with Crippen molar-refractivity contribution in [2.45, 2.75) is 142 Å². The molecule has 9 nitrogen and oxygen atoms in total. The first-order chi connectivity index (χ1) is 21.3. The highest BCUT2D eigenvalue weighted by Gasteiger charge is 2.23. The molecule has 0 spiro atoms. The standard InChI is InChI=1S/C34H62NO8P/c1-3-5-7-9-11-13-14-15-16-17-18-19-21-23-25-27-34(38)41-30-32(36)31-43-44(39,40)42-29-28-35-33(37)26-24-22-20-12-10-8-6-4-2/h5,7,11,13,15-16,32,36H,3-4,6,8-10,12,14,17-31H2,1-2H3,(H,35,37)(H,39,40)/b7-5-,13-11-,16-15-. The van der Waals surface area contributed by atoms with E-state index in [9.17, 15) is 24.2 Å². The van der Waals surface area contributed by atoms with Crippen LogP contribution in [0.1, 0.15) is 136 Å². The van der Waals surface area contributed by atoms with Gasteiger partial charge < -0.3 is 20.1 Å². The van der Waals surface area contributed by atoms with Gasteiger partial charge in [0.05, 0.1) is 13.2 Å². The molecule has 0 fully saturated rings. The van der Waals surface area contributed by atoms with Gasteiger partial charge in [-0.25, -0.2) is 4.57 Å². The fourth-order valence-corrected chi connectivity index (χ4v) is 5.03. The minimum atomic E-state index is -4.40. The second-order valence-electron chi connectivity index (χ2n) is 11.1. The summed E-state index contributed by atoms with van der Waals surface area (Å²) in [6.07, 6.45) is 30.8. The molecule has 10 heteroatoms. The maximum Gasteiger partial charge on any atom is 0.472 e. The lowest BCUT2D eigenvalue weighted by Crippen LogP contribution is -2.27. The van der Waals surface area contributed by atoms with E-state index in [0.29, 0.717) is 12.8 Å². The third-order valence-corrected chi connectivity index (χ3v) is 7.82. The van der Waals surface area contributed by atoms with Crippen molar-refractivity contribution < 1.29 is 37.9 Å². The molecule has 256 valence electrons. The smallest absolute Gasteiger partial charge is 0.463 e. The van der Waals surface area contributed by atoms with Gasteiger partial charge in [0.15, 0.2) is 0 Å². The van der Waals surface area contributed by atoms with Gasteiger partial charge in [-0.05, 0) is 44.9 Å². The van der Waals surface area contributed by atoms with Gasteiger partial charge in [0.25, 0.3) is 0 Å². The number of aliphatic hydroxyl groups is 1. The number of esters is 1. The second-order valence-corrected chi connectivity index (χ2v) is 12.6. The van der Waals surface area contributed by atoms with Crippen molar-refractivity contribution >= 4 is 19.7 Å². The van der Waals surface area contributed by atoms with Crippen LogP contribution in [0.3, 0.4) is 0 Å². The highest BCUT2D eigenvalue weighted by molar-refractivity contribution is 7.47. The molecule has 0 rings (SSSR count).